The third-order valence-corrected chi connectivity index (χ3v) is 3.57. The molecule has 3 aromatic rings. The molecule has 2 N–H and O–H groups in total. The van der Waals surface area contributed by atoms with E-state index in [0.717, 1.165) is 22.8 Å². The first-order chi connectivity index (χ1) is 10.1. The molecule has 0 saturated carbocycles. The maximum atomic E-state index is 6.18. The van der Waals surface area contributed by atoms with Crippen molar-refractivity contribution in [3.05, 3.63) is 48.5 Å². The average molecular weight is 281 g/mol. The van der Waals surface area contributed by atoms with Gasteiger partial charge in [0.25, 0.3) is 0 Å². The lowest BCUT2D eigenvalue weighted by Gasteiger charge is -2.04. The molecule has 5 nitrogen and oxygen atoms in total. The summed E-state index contributed by atoms with van der Waals surface area (Å²) in [6.45, 7) is 4.22. The molecule has 0 fully saturated rings. The zero-order chi connectivity index (χ0) is 15.0. The van der Waals surface area contributed by atoms with Crippen LogP contribution >= 0.6 is 0 Å². The van der Waals surface area contributed by atoms with E-state index in [2.05, 4.69) is 23.9 Å². The van der Waals surface area contributed by atoms with E-state index in [1.165, 1.54) is 0 Å². The second-order valence-corrected chi connectivity index (χ2v) is 5.43. The molecule has 2 heterocycles. The predicted molar refractivity (Wildman–Crippen MR) is 84.3 cm³/mol. The Morgan fingerprint density at radius 3 is 2.48 bits per heavy atom. The van der Waals surface area contributed by atoms with Crippen LogP contribution in [0.5, 0.6) is 0 Å². The fraction of sp³-hybridized carbons (Fsp3) is 0.250. The molecule has 0 spiro atoms. The van der Waals surface area contributed by atoms with Crippen LogP contribution < -0.4 is 5.73 Å². The van der Waals surface area contributed by atoms with Crippen LogP contribution in [0.1, 0.15) is 25.6 Å². The van der Waals surface area contributed by atoms with E-state index in [1.54, 1.807) is 6.20 Å². The van der Waals surface area contributed by atoms with Crippen LogP contribution in [0.4, 0.5) is 5.82 Å². The molecule has 0 atom stereocenters. The molecule has 0 aliphatic rings. The van der Waals surface area contributed by atoms with Gasteiger partial charge in [-0.15, -0.1) is 0 Å². The number of nitrogens with two attached hydrogens (primary N) is 1. The van der Waals surface area contributed by atoms with Gasteiger partial charge in [-0.3, -0.25) is 0 Å². The highest BCUT2D eigenvalue weighted by atomic mass is 15.3. The topological polar surface area (TPSA) is 61.7 Å². The molecule has 0 unspecified atom stereocenters. The second kappa shape index (κ2) is 5.09. The molecule has 0 radical (unpaired) electrons. The molecule has 0 aliphatic heterocycles. The second-order valence-electron chi connectivity index (χ2n) is 5.43. The number of para-hydroxylation sites is 1. The third kappa shape index (κ3) is 2.31. The van der Waals surface area contributed by atoms with E-state index in [9.17, 15) is 0 Å². The number of imidazole rings is 1. The molecule has 108 valence electrons. The van der Waals surface area contributed by atoms with Crippen LogP contribution in [0.15, 0.2) is 42.7 Å². The molecule has 3 rings (SSSR count). The summed E-state index contributed by atoms with van der Waals surface area (Å²) in [5.41, 5.74) is 8.92. The average Bonchev–Trinajstić information content (AvgIpc) is 3.07. The van der Waals surface area contributed by atoms with Crippen LogP contribution in [-0.4, -0.2) is 19.3 Å². The summed E-state index contributed by atoms with van der Waals surface area (Å²) < 4.78 is 3.78. The van der Waals surface area contributed by atoms with Crippen LogP contribution in [-0.2, 0) is 7.05 Å². The summed E-state index contributed by atoms with van der Waals surface area (Å²) >= 11 is 0. The molecular weight excluding hydrogens is 262 g/mol. The summed E-state index contributed by atoms with van der Waals surface area (Å²) in [5, 5.41) is 4.40. The lowest BCUT2D eigenvalue weighted by atomic mass is 10.2. The molecule has 1 aromatic carbocycles. The Morgan fingerprint density at radius 1 is 1.14 bits per heavy atom. The van der Waals surface area contributed by atoms with Crippen molar-refractivity contribution in [2.75, 3.05) is 5.73 Å². The molecular formula is C16H19N5. The van der Waals surface area contributed by atoms with Crippen molar-refractivity contribution < 1.29 is 0 Å². The monoisotopic (exact) mass is 281 g/mol. The van der Waals surface area contributed by atoms with Gasteiger partial charge in [-0.1, -0.05) is 32.0 Å². The van der Waals surface area contributed by atoms with Gasteiger partial charge in [-0.2, -0.15) is 5.10 Å². The van der Waals surface area contributed by atoms with E-state index >= 15 is 0 Å². The van der Waals surface area contributed by atoms with Gasteiger partial charge in [0, 0.05) is 24.7 Å². The highest BCUT2D eigenvalue weighted by molar-refractivity contribution is 5.70. The number of aromatic nitrogens is 4. The van der Waals surface area contributed by atoms with Crippen molar-refractivity contribution in [1.82, 2.24) is 19.3 Å². The number of hydrogen-bond acceptors (Lipinski definition) is 3. The minimum absolute atomic E-state index is 0.329. The summed E-state index contributed by atoms with van der Waals surface area (Å²) in [4.78, 5) is 4.67. The van der Waals surface area contributed by atoms with Gasteiger partial charge in [-0.25, -0.2) is 9.67 Å². The SMILES string of the molecule is CC(C)c1nc(-c2cnn(-c3ccccc3)c2)c(N)n1C. The Kier molecular flexibility index (Phi) is 3.25. The highest BCUT2D eigenvalue weighted by Gasteiger charge is 2.17. The zero-order valence-corrected chi connectivity index (χ0v) is 12.5. The van der Waals surface area contributed by atoms with Gasteiger partial charge in [0.1, 0.15) is 17.3 Å². The van der Waals surface area contributed by atoms with Crippen molar-refractivity contribution in [3.63, 3.8) is 0 Å². The lowest BCUT2D eigenvalue weighted by molar-refractivity contribution is 0.715. The van der Waals surface area contributed by atoms with Gasteiger partial charge in [0.2, 0.25) is 0 Å². The smallest absolute Gasteiger partial charge is 0.131 e. The van der Waals surface area contributed by atoms with E-state index in [1.807, 2.05) is 52.8 Å². The van der Waals surface area contributed by atoms with Crippen LogP contribution in [0.25, 0.3) is 16.9 Å². The minimum atomic E-state index is 0.329. The van der Waals surface area contributed by atoms with E-state index < -0.39 is 0 Å². The molecule has 5 heteroatoms. The minimum Gasteiger partial charge on any atom is -0.383 e. The van der Waals surface area contributed by atoms with E-state index in [-0.39, 0.29) is 0 Å². The molecule has 0 amide bonds. The van der Waals surface area contributed by atoms with Crippen molar-refractivity contribution in [2.24, 2.45) is 7.05 Å². The molecule has 21 heavy (non-hydrogen) atoms. The summed E-state index contributed by atoms with van der Waals surface area (Å²) in [7, 11) is 1.95. The molecule has 2 aromatic heterocycles. The number of hydrogen-bond donors (Lipinski definition) is 1. The Morgan fingerprint density at radius 2 is 1.86 bits per heavy atom. The number of anilines is 1. The van der Waals surface area contributed by atoms with Gasteiger partial charge in [0.15, 0.2) is 0 Å². The first-order valence-corrected chi connectivity index (χ1v) is 7.00. The maximum absolute atomic E-state index is 6.18. The van der Waals surface area contributed by atoms with Crippen LogP contribution in [0.2, 0.25) is 0 Å². The fourth-order valence-corrected chi connectivity index (χ4v) is 2.42. The number of nitrogens with zero attached hydrogens (tertiary/aromatic N) is 4. The van der Waals surface area contributed by atoms with Crippen molar-refractivity contribution in [3.8, 4) is 16.9 Å². The molecule has 0 aliphatic carbocycles. The van der Waals surface area contributed by atoms with Crippen molar-refractivity contribution in [2.45, 2.75) is 19.8 Å². The van der Waals surface area contributed by atoms with Crippen LogP contribution in [0.3, 0.4) is 0 Å². The predicted octanol–water partition coefficient (Wildman–Crippen LogP) is 2.98. The summed E-state index contributed by atoms with van der Waals surface area (Å²) in [6, 6.07) is 9.99. The quantitative estimate of drug-likeness (QED) is 0.802. The first-order valence-electron chi connectivity index (χ1n) is 7.00. The summed E-state index contributed by atoms with van der Waals surface area (Å²) in [6.07, 6.45) is 3.76. The molecule has 0 saturated heterocycles. The standard InChI is InChI=1S/C16H19N5/c1-11(2)16-19-14(15(17)20(16)3)12-9-18-21(10-12)13-7-5-4-6-8-13/h4-11H,17H2,1-3H3. The number of rotatable bonds is 3. The lowest BCUT2D eigenvalue weighted by Crippen LogP contribution is -2.02. The van der Waals surface area contributed by atoms with Crippen LogP contribution in [0, 0.1) is 0 Å². The highest BCUT2D eigenvalue weighted by Crippen LogP contribution is 2.28. The van der Waals surface area contributed by atoms with Gasteiger partial charge >= 0.3 is 0 Å². The Bertz CT molecular complexity index is 752. The number of nitrogen functional groups attached to an aromatic ring is 1. The van der Waals surface area contributed by atoms with E-state index in [4.69, 9.17) is 5.73 Å². The Hall–Kier alpha value is -2.56. The normalized spacial score (nSPS) is 11.2. The Balaban J connectivity index is 2.03. The van der Waals surface area contributed by atoms with Crippen molar-refractivity contribution in [1.29, 1.82) is 0 Å². The van der Waals surface area contributed by atoms with Gasteiger partial charge < -0.3 is 10.3 Å². The van der Waals surface area contributed by atoms with Crippen molar-refractivity contribution >= 4 is 5.82 Å². The largest absolute Gasteiger partial charge is 0.383 e. The van der Waals surface area contributed by atoms with E-state index in [0.29, 0.717) is 11.7 Å². The number of benzene rings is 1. The first kappa shape index (κ1) is 13.4. The van der Waals surface area contributed by atoms with Gasteiger partial charge in [0.05, 0.1) is 11.9 Å². The maximum Gasteiger partial charge on any atom is 0.131 e. The fourth-order valence-electron chi connectivity index (χ4n) is 2.42. The van der Waals surface area contributed by atoms with Gasteiger partial charge in [-0.05, 0) is 12.1 Å². The zero-order valence-electron chi connectivity index (χ0n) is 12.5. The third-order valence-electron chi connectivity index (χ3n) is 3.57. The molecule has 0 bridgehead atoms. The Labute approximate surface area is 124 Å². The summed E-state index contributed by atoms with van der Waals surface area (Å²) in [5.74, 6) is 1.98.